The Morgan fingerprint density at radius 1 is 1.13 bits per heavy atom. The molecule has 1 aromatic carbocycles. The highest BCUT2D eigenvalue weighted by atomic mass is 16.5. The van der Waals surface area contributed by atoms with Gasteiger partial charge in [0.05, 0.1) is 18.9 Å². The Kier molecular flexibility index (Phi) is 5.80. The van der Waals surface area contributed by atoms with Crippen molar-refractivity contribution in [3.8, 4) is 5.75 Å². The summed E-state index contributed by atoms with van der Waals surface area (Å²) in [5.41, 5.74) is 0.951. The zero-order valence-corrected chi connectivity index (χ0v) is 13.2. The minimum Gasteiger partial charge on any atom is -0.491 e. The lowest BCUT2D eigenvalue weighted by molar-refractivity contribution is -0.120. The number of amides is 2. The van der Waals surface area contributed by atoms with Crippen LogP contribution in [0.4, 0.5) is 0 Å². The summed E-state index contributed by atoms with van der Waals surface area (Å²) in [6.45, 7) is 4.21. The van der Waals surface area contributed by atoms with Gasteiger partial charge in [0.25, 0.3) is 5.91 Å². The van der Waals surface area contributed by atoms with E-state index in [1.165, 1.54) is 12.3 Å². The van der Waals surface area contributed by atoms with Crippen LogP contribution in [-0.2, 0) is 11.3 Å². The minimum absolute atomic E-state index is 0.103. The van der Waals surface area contributed by atoms with Gasteiger partial charge in [-0.2, -0.15) is 0 Å². The van der Waals surface area contributed by atoms with Crippen LogP contribution in [0.25, 0.3) is 0 Å². The van der Waals surface area contributed by atoms with Gasteiger partial charge in [-0.15, -0.1) is 0 Å². The lowest BCUT2D eigenvalue weighted by Crippen LogP contribution is -2.36. The van der Waals surface area contributed by atoms with Gasteiger partial charge in [-0.3, -0.25) is 9.59 Å². The summed E-state index contributed by atoms with van der Waals surface area (Å²) >= 11 is 0. The summed E-state index contributed by atoms with van der Waals surface area (Å²) in [6.07, 6.45) is 1.53. The molecule has 0 radical (unpaired) electrons. The third kappa shape index (κ3) is 5.50. The highest BCUT2D eigenvalue weighted by Gasteiger charge is 2.09. The van der Waals surface area contributed by atoms with E-state index < -0.39 is 5.91 Å². The van der Waals surface area contributed by atoms with Crippen molar-refractivity contribution >= 4 is 11.8 Å². The maximum absolute atomic E-state index is 11.7. The molecule has 1 heterocycles. The van der Waals surface area contributed by atoms with Crippen LogP contribution in [0.5, 0.6) is 5.75 Å². The van der Waals surface area contributed by atoms with Gasteiger partial charge >= 0.3 is 0 Å². The first kappa shape index (κ1) is 16.6. The van der Waals surface area contributed by atoms with Gasteiger partial charge in [-0.25, -0.2) is 0 Å². The van der Waals surface area contributed by atoms with Gasteiger partial charge < -0.3 is 19.8 Å². The Bertz CT molecular complexity index is 633. The van der Waals surface area contributed by atoms with Crippen molar-refractivity contribution in [2.75, 3.05) is 6.54 Å². The number of carbonyl (C=O) groups excluding carboxylic acids is 2. The molecule has 0 aliphatic heterocycles. The van der Waals surface area contributed by atoms with Crippen LogP contribution in [0.15, 0.2) is 47.1 Å². The molecule has 6 heteroatoms. The molecule has 2 amide bonds. The summed E-state index contributed by atoms with van der Waals surface area (Å²) < 4.78 is 10.5. The first-order valence-electron chi connectivity index (χ1n) is 7.38. The molecule has 6 nitrogen and oxygen atoms in total. The third-order valence-electron chi connectivity index (χ3n) is 2.94. The number of furan rings is 1. The van der Waals surface area contributed by atoms with E-state index in [4.69, 9.17) is 9.15 Å². The lowest BCUT2D eigenvalue weighted by atomic mass is 10.2. The number of nitrogens with one attached hydrogen (secondary N) is 2. The molecular weight excluding hydrogens is 296 g/mol. The van der Waals surface area contributed by atoms with Gasteiger partial charge in [-0.05, 0) is 43.7 Å². The molecule has 2 aromatic rings. The highest BCUT2D eigenvalue weighted by Crippen LogP contribution is 2.13. The van der Waals surface area contributed by atoms with Crippen molar-refractivity contribution in [1.82, 2.24) is 10.6 Å². The monoisotopic (exact) mass is 316 g/mol. The Morgan fingerprint density at radius 2 is 1.87 bits per heavy atom. The van der Waals surface area contributed by atoms with Crippen LogP contribution < -0.4 is 15.4 Å². The van der Waals surface area contributed by atoms with Crippen molar-refractivity contribution in [1.29, 1.82) is 0 Å². The number of benzene rings is 1. The molecule has 23 heavy (non-hydrogen) atoms. The van der Waals surface area contributed by atoms with Crippen molar-refractivity contribution in [2.24, 2.45) is 0 Å². The molecular formula is C17H20N2O4. The summed E-state index contributed by atoms with van der Waals surface area (Å²) in [5, 5.41) is 5.22. The van der Waals surface area contributed by atoms with Crippen molar-refractivity contribution in [3.63, 3.8) is 0 Å². The van der Waals surface area contributed by atoms with Crippen LogP contribution in [0.1, 0.15) is 30.0 Å². The van der Waals surface area contributed by atoms with Crippen LogP contribution >= 0.6 is 0 Å². The summed E-state index contributed by atoms with van der Waals surface area (Å²) in [4.78, 5) is 23.3. The second-order valence-corrected chi connectivity index (χ2v) is 5.25. The normalized spacial score (nSPS) is 10.4. The predicted molar refractivity (Wildman–Crippen MR) is 85.1 cm³/mol. The molecule has 0 spiro atoms. The minimum atomic E-state index is -0.416. The van der Waals surface area contributed by atoms with E-state index in [1.807, 2.05) is 38.1 Å². The van der Waals surface area contributed by atoms with E-state index in [9.17, 15) is 9.59 Å². The van der Waals surface area contributed by atoms with Gasteiger partial charge in [0.15, 0.2) is 5.76 Å². The second kappa shape index (κ2) is 8.03. The number of ether oxygens (including phenoxy) is 1. The zero-order valence-electron chi connectivity index (χ0n) is 13.2. The van der Waals surface area contributed by atoms with E-state index >= 15 is 0 Å². The standard InChI is InChI=1S/C17H20N2O4/c1-12(2)23-14-7-5-13(6-8-14)10-18-16(20)11-19-17(21)15-4-3-9-22-15/h3-9,12H,10-11H2,1-2H3,(H,18,20)(H,19,21). The zero-order chi connectivity index (χ0) is 16.7. The van der Waals surface area contributed by atoms with E-state index in [0.717, 1.165) is 11.3 Å². The molecule has 0 bridgehead atoms. The maximum atomic E-state index is 11.7. The molecule has 0 unspecified atom stereocenters. The fraction of sp³-hybridized carbons (Fsp3) is 0.294. The van der Waals surface area contributed by atoms with Crippen LogP contribution in [0.2, 0.25) is 0 Å². The average molecular weight is 316 g/mol. The van der Waals surface area contributed by atoms with E-state index in [0.29, 0.717) is 6.54 Å². The molecule has 1 aromatic heterocycles. The highest BCUT2D eigenvalue weighted by molar-refractivity contribution is 5.94. The van der Waals surface area contributed by atoms with Crippen molar-refractivity contribution in [3.05, 3.63) is 54.0 Å². The average Bonchev–Trinajstić information content (AvgIpc) is 3.06. The number of carbonyl (C=O) groups is 2. The fourth-order valence-corrected chi connectivity index (χ4v) is 1.88. The molecule has 0 saturated heterocycles. The van der Waals surface area contributed by atoms with Gasteiger partial charge in [0, 0.05) is 6.54 Å². The van der Waals surface area contributed by atoms with Crippen LogP contribution in [-0.4, -0.2) is 24.5 Å². The Labute approximate surface area is 134 Å². The second-order valence-electron chi connectivity index (χ2n) is 5.25. The Balaban J connectivity index is 1.72. The molecule has 0 aliphatic rings. The topological polar surface area (TPSA) is 80.6 Å². The summed E-state index contributed by atoms with van der Waals surface area (Å²) in [6, 6.07) is 10.6. The largest absolute Gasteiger partial charge is 0.491 e. The number of hydrogen-bond donors (Lipinski definition) is 2. The third-order valence-corrected chi connectivity index (χ3v) is 2.94. The molecule has 2 N–H and O–H groups in total. The van der Waals surface area contributed by atoms with Crippen LogP contribution in [0.3, 0.4) is 0 Å². The molecule has 0 atom stereocenters. The number of rotatable bonds is 7. The Morgan fingerprint density at radius 3 is 2.48 bits per heavy atom. The summed E-state index contributed by atoms with van der Waals surface area (Å²) in [5.74, 6) is 0.284. The van der Waals surface area contributed by atoms with Gasteiger partial charge in [-0.1, -0.05) is 12.1 Å². The first-order valence-corrected chi connectivity index (χ1v) is 7.38. The molecule has 2 rings (SSSR count). The fourth-order valence-electron chi connectivity index (χ4n) is 1.88. The van der Waals surface area contributed by atoms with Crippen molar-refractivity contribution in [2.45, 2.75) is 26.5 Å². The smallest absolute Gasteiger partial charge is 0.287 e. The van der Waals surface area contributed by atoms with Gasteiger partial charge in [0.1, 0.15) is 5.75 Å². The lowest BCUT2D eigenvalue weighted by Gasteiger charge is -2.10. The quantitative estimate of drug-likeness (QED) is 0.820. The molecule has 0 aliphatic carbocycles. The molecule has 0 fully saturated rings. The SMILES string of the molecule is CC(C)Oc1ccc(CNC(=O)CNC(=O)c2ccco2)cc1. The molecule has 0 saturated carbocycles. The van der Waals surface area contributed by atoms with E-state index in [1.54, 1.807) is 6.07 Å². The first-order chi connectivity index (χ1) is 11.0. The Hall–Kier alpha value is -2.76. The maximum Gasteiger partial charge on any atom is 0.287 e. The molecule has 122 valence electrons. The number of hydrogen-bond acceptors (Lipinski definition) is 4. The van der Waals surface area contributed by atoms with E-state index in [-0.39, 0.29) is 24.3 Å². The van der Waals surface area contributed by atoms with Crippen LogP contribution in [0, 0.1) is 0 Å². The van der Waals surface area contributed by atoms with Crippen molar-refractivity contribution < 1.29 is 18.7 Å². The summed E-state index contributed by atoms with van der Waals surface area (Å²) in [7, 11) is 0. The van der Waals surface area contributed by atoms with Gasteiger partial charge in [0.2, 0.25) is 5.91 Å². The van der Waals surface area contributed by atoms with E-state index in [2.05, 4.69) is 10.6 Å². The predicted octanol–water partition coefficient (Wildman–Crippen LogP) is 2.11.